The zero-order valence-corrected chi connectivity index (χ0v) is 16.4. The standard InChI is InChI=1S/C23H21N5O2/c1-16(17-9-3-2-4-10-17)24-23(30)18-11-5-6-12-19(18)25-22(29)15-28-21-14-8-7-13-20(21)26-27-28/h2-14,16H,15H2,1H3,(H,24,30)(H,25,29)/t16-/m0/s1. The van der Waals surface area contributed by atoms with Crippen LogP contribution in [0.4, 0.5) is 5.69 Å². The lowest BCUT2D eigenvalue weighted by Crippen LogP contribution is -2.28. The predicted octanol–water partition coefficient (Wildman–Crippen LogP) is 3.56. The highest BCUT2D eigenvalue weighted by Gasteiger charge is 2.16. The zero-order valence-electron chi connectivity index (χ0n) is 16.4. The molecule has 0 saturated heterocycles. The molecule has 4 rings (SSSR count). The first kappa shape index (κ1) is 19.3. The van der Waals surface area contributed by atoms with E-state index in [4.69, 9.17) is 0 Å². The molecule has 1 heterocycles. The Labute approximate surface area is 173 Å². The molecule has 3 aromatic carbocycles. The SMILES string of the molecule is C[C@H](NC(=O)c1ccccc1NC(=O)Cn1nnc2ccccc21)c1ccccc1. The summed E-state index contributed by atoms with van der Waals surface area (Å²) in [6.45, 7) is 1.92. The van der Waals surface area contributed by atoms with Crippen LogP contribution in [0.25, 0.3) is 11.0 Å². The van der Waals surface area contributed by atoms with Crippen LogP contribution in [-0.2, 0) is 11.3 Å². The van der Waals surface area contributed by atoms with Crippen LogP contribution in [-0.4, -0.2) is 26.8 Å². The van der Waals surface area contributed by atoms with Crippen LogP contribution < -0.4 is 10.6 Å². The first-order valence-electron chi connectivity index (χ1n) is 9.65. The van der Waals surface area contributed by atoms with Gasteiger partial charge in [0, 0.05) is 0 Å². The highest BCUT2D eigenvalue weighted by Crippen LogP contribution is 2.18. The Kier molecular flexibility index (Phi) is 5.52. The number of hydrogen-bond acceptors (Lipinski definition) is 4. The van der Waals surface area contributed by atoms with Gasteiger partial charge in [-0.25, -0.2) is 4.68 Å². The van der Waals surface area contributed by atoms with Gasteiger partial charge in [-0.2, -0.15) is 0 Å². The van der Waals surface area contributed by atoms with Gasteiger partial charge in [-0.05, 0) is 36.8 Å². The molecule has 0 saturated carbocycles. The normalized spacial score (nSPS) is 11.8. The summed E-state index contributed by atoms with van der Waals surface area (Å²) in [4.78, 5) is 25.4. The average Bonchev–Trinajstić information content (AvgIpc) is 3.17. The Balaban J connectivity index is 1.47. The summed E-state index contributed by atoms with van der Waals surface area (Å²) < 4.78 is 1.53. The Morgan fingerprint density at radius 1 is 0.933 bits per heavy atom. The quantitative estimate of drug-likeness (QED) is 0.519. The van der Waals surface area contributed by atoms with Crippen molar-refractivity contribution in [3.8, 4) is 0 Å². The van der Waals surface area contributed by atoms with E-state index in [1.165, 1.54) is 4.68 Å². The summed E-state index contributed by atoms with van der Waals surface area (Å²) in [5.41, 5.74) is 3.35. The summed E-state index contributed by atoms with van der Waals surface area (Å²) in [5.74, 6) is -0.546. The molecule has 0 fully saturated rings. The Bertz CT molecular complexity index is 1190. The molecule has 2 N–H and O–H groups in total. The zero-order chi connectivity index (χ0) is 20.9. The number of rotatable bonds is 6. The molecule has 0 unspecified atom stereocenters. The van der Waals surface area contributed by atoms with Crippen LogP contribution >= 0.6 is 0 Å². The minimum atomic E-state index is -0.290. The highest BCUT2D eigenvalue weighted by molar-refractivity contribution is 6.04. The second-order valence-electron chi connectivity index (χ2n) is 6.94. The molecule has 7 heteroatoms. The second-order valence-corrected chi connectivity index (χ2v) is 6.94. The van der Waals surface area contributed by atoms with Gasteiger partial charge < -0.3 is 10.6 Å². The second kappa shape index (κ2) is 8.57. The van der Waals surface area contributed by atoms with Crippen LogP contribution in [0.2, 0.25) is 0 Å². The van der Waals surface area contributed by atoms with E-state index in [0.717, 1.165) is 16.6 Å². The van der Waals surface area contributed by atoms with Gasteiger partial charge in [0.25, 0.3) is 5.91 Å². The molecule has 2 amide bonds. The van der Waals surface area contributed by atoms with Crippen LogP contribution in [0, 0.1) is 0 Å². The van der Waals surface area contributed by atoms with Gasteiger partial charge in [-0.15, -0.1) is 5.10 Å². The number of hydrogen-bond donors (Lipinski definition) is 2. The topological polar surface area (TPSA) is 88.9 Å². The number of aromatic nitrogens is 3. The molecule has 4 aromatic rings. The van der Waals surface area contributed by atoms with Crippen molar-refractivity contribution < 1.29 is 9.59 Å². The predicted molar refractivity (Wildman–Crippen MR) is 115 cm³/mol. The monoisotopic (exact) mass is 399 g/mol. The van der Waals surface area contributed by atoms with Gasteiger partial charge in [0.05, 0.1) is 22.8 Å². The smallest absolute Gasteiger partial charge is 0.253 e. The number of carbonyl (C=O) groups is 2. The third kappa shape index (κ3) is 4.20. The van der Waals surface area contributed by atoms with E-state index in [2.05, 4.69) is 20.9 Å². The fourth-order valence-corrected chi connectivity index (χ4v) is 3.25. The molecular formula is C23H21N5O2. The van der Waals surface area contributed by atoms with Crippen LogP contribution in [0.3, 0.4) is 0 Å². The highest BCUT2D eigenvalue weighted by atomic mass is 16.2. The lowest BCUT2D eigenvalue weighted by molar-refractivity contribution is -0.116. The van der Waals surface area contributed by atoms with Gasteiger partial charge in [-0.3, -0.25) is 9.59 Å². The van der Waals surface area contributed by atoms with Gasteiger partial charge in [0.2, 0.25) is 5.91 Å². The number of para-hydroxylation sites is 2. The molecule has 0 radical (unpaired) electrons. The molecule has 0 aliphatic heterocycles. The summed E-state index contributed by atoms with van der Waals surface area (Å²) >= 11 is 0. The molecule has 1 atom stereocenters. The molecular weight excluding hydrogens is 378 g/mol. The van der Waals surface area contributed by atoms with Gasteiger partial charge in [-0.1, -0.05) is 59.8 Å². The molecule has 0 spiro atoms. The van der Waals surface area contributed by atoms with Crippen molar-refractivity contribution in [2.45, 2.75) is 19.5 Å². The van der Waals surface area contributed by atoms with Crippen molar-refractivity contribution in [2.24, 2.45) is 0 Å². The third-order valence-corrected chi connectivity index (χ3v) is 4.81. The fraction of sp³-hybridized carbons (Fsp3) is 0.130. The number of anilines is 1. The molecule has 0 aliphatic rings. The lowest BCUT2D eigenvalue weighted by atomic mass is 10.1. The number of fused-ring (bicyclic) bond motifs is 1. The van der Waals surface area contributed by atoms with E-state index >= 15 is 0 Å². The number of carbonyl (C=O) groups excluding carboxylic acids is 2. The number of nitrogens with one attached hydrogen (secondary N) is 2. The fourth-order valence-electron chi connectivity index (χ4n) is 3.25. The number of amides is 2. The summed E-state index contributed by atoms with van der Waals surface area (Å²) in [7, 11) is 0. The van der Waals surface area contributed by atoms with Crippen molar-refractivity contribution in [1.29, 1.82) is 0 Å². The summed E-state index contributed by atoms with van der Waals surface area (Å²) in [6, 6.07) is 23.9. The maximum absolute atomic E-state index is 12.8. The first-order chi connectivity index (χ1) is 14.6. The Morgan fingerprint density at radius 2 is 1.63 bits per heavy atom. The third-order valence-electron chi connectivity index (χ3n) is 4.81. The summed E-state index contributed by atoms with van der Waals surface area (Å²) in [5, 5.41) is 13.9. The largest absolute Gasteiger partial charge is 0.345 e. The van der Waals surface area contributed by atoms with Gasteiger partial charge >= 0.3 is 0 Å². The van der Waals surface area contributed by atoms with E-state index in [-0.39, 0.29) is 24.4 Å². The molecule has 0 bridgehead atoms. The Morgan fingerprint density at radius 3 is 2.47 bits per heavy atom. The van der Waals surface area contributed by atoms with Gasteiger partial charge in [0.1, 0.15) is 12.1 Å². The Hall–Kier alpha value is -4.00. The van der Waals surface area contributed by atoms with Crippen LogP contribution in [0.1, 0.15) is 28.9 Å². The van der Waals surface area contributed by atoms with Crippen molar-refractivity contribution in [2.75, 3.05) is 5.32 Å². The van der Waals surface area contributed by atoms with Crippen molar-refractivity contribution in [1.82, 2.24) is 20.3 Å². The maximum Gasteiger partial charge on any atom is 0.253 e. The molecule has 30 heavy (non-hydrogen) atoms. The van der Waals surface area contributed by atoms with E-state index in [1.54, 1.807) is 24.3 Å². The lowest BCUT2D eigenvalue weighted by Gasteiger charge is -2.16. The number of benzene rings is 3. The molecule has 0 aliphatic carbocycles. The van der Waals surface area contributed by atoms with Crippen LogP contribution in [0.5, 0.6) is 0 Å². The van der Waals surface area contributed by atoms with E-state index in [9.17, 15) is 9.59 Å². The van der Waals surface area contributed by atoms with Crippen molar-refractivity contribution in [3.63, 3.8) is 0 Å². The average molecular weight is 399 g/mol. The molecule has 1 aromatic heterocycles. The maximum atomic E-state index is 12.8. The van der Waals surface area contributed by atoms with E-state index in [1.807, 2.05) is 61.5 Å². The van der Waals surface area contributed by atoms with E-state index in [0.29, 0.717) is 11.3 Å². The minimum absolute atomic E-state index is 0.00309. The van der Waals surface area contributed by atoms with E-state index < -0.39 is 0 Å². The number of nitrogens with zero attached hydrogens (tertiary/aromatic N) is 3. The van der Waals surface area contributed by atoms with Crippen molar-refractivity contribution in [3.05, 3.63) is 90.0 Å². The first-order valence-corrected chi connectivity index (χ1v) is 9.65. The van der Waals surface area contributed by atoms with Crippen molar-refractivity contribution >= 4 is 28.5 Å². The summed E-state index contributed by atoms with van der Waals surface area (Å²) in [6.07, 6.45) is 0. The van der Waals surface area contributed by atoms with Gasteiger partial charge in [0.15, 0.2) is 0 Å². The molecule has 7 nitrogen and oxygen atoms in total. The molecule has 150 valence electrons. The van der Waals surface area contributed by atoms with Crippen LogP contribution in [0.15, 0.2) is 78.9 Å². The minimum Gasteiger partial charge on any atom is -0.345 e.